The van der Waals surface area contributed by atoms with E-state index in [1.54, 1.807) is 0 Å². The number of carboxylic acids is 1. The van der Waals surface area contributed by atoms with E-state index >= 15 is 0 Å². The fourth-order valence-electron chi connectivity index (χ4n) is 2.10. The van der Waals surface area contributed by atoms with Gasteiger partial charge in [0.25, 0.3) is 0 Å². The summed E-state index contributed by atoms with van der Waals surface area (Å²) in [5, 5.41) is 11.5. The maximum atomic E-state index is 11.7. The number of carboxylic acid groups (broad SMARTS) is 1. The largest absolute Gasteiger partial charge is 0.480 e. The molecular weight excluding hydrogens is 220 g/mol. The van der Waals surface area contributed by atoms with Crippen LogP contribution in [0.4, 0.5) is 4.79 Å². The second kappa shape index (κ2) is 6.93. The number of carbonyl (C=O) groups excluding carboxylic acids is 1. The van der Waals surface area contributed by atoms with Gasteiger partial charge in [0, 0.05) is 13.1 Å². The van der Waals surface area contributed by atoms with Crippen molar-refractivity contribution < 1.29 is 14.7 Å². The van der Waals surface area contributed by atoms with Crippen LogP contribution in [0.15, 0.2) is 12.7 Å². The van der Waals surface area contributed by atoms with Crippen molar-refractivity contribution in [3.63, 3.8) is 0 Å². The van der Waals surface area contributed by atoms with E-state index in [0.29, 0.717) is 12.5 Å². The zero-order valence-electron chi connectivity index (χ0n) is 10.0. The molecule has 17 heavy (non-hydrogen) atoms. The Morgan fingerprint density at radius 1 is 1.41 bits per heavy atom. The maximum Gasteiger partial charge on any atom is 0.323 e. The van der Waals surface area contributed by atoms with E-state index in [1.807, 2.05) is 0 Å². The summed E-state index contributed by atoms with van der Waals surface area (Å²) in [5.41, 5.74) is 0. The van der Waals surface area contributed by atoms with Crippen LogP contribution in [0.3, 0.4) is 0 Å². The number of amides is 2. The molecule has 1 aliphatic carbocycles. The Hall–Kier alpha value is -1.52. The smallest absolute Gasteiger partial charge is 0.323 e. The first-order chi connectivity index (χ1) is 8.13. The van der Waals surface area contributed by atoms with E-state index in [-0.39, 0.29) is 19.1 Å². The highest BCUT2D eigenvalue weighted by atomic mass is 16.4. The van der Waals surface area contributed by atoms with Crippen molar-refractivity contribution in [2.75, 3.05) is 19.6 Å². The Labute approximate surface area is 101 Å². The lowest BCUT2D eigenvalue weighted by Gasteiger charge is -2.20. The van der Waals surface area contributed by atoms with Crippen molar-refractivity contribution in [1.29, 1.82) is 0 Å². The van der Waals surface area contributed by atoms with E-state index in [0.717, 1.165) is 12.8 Å². The highest BCUT2D eigenvalue weighted by Gasteiger charge is 2.19. The molecular formula is C12H20N2O3. The third-order valence-corrected chi connectivity index (χ3v) is 2.98. The van der Waals surface area contributed by atoms with Crippen LogP contribution in [-0.4, -0.2) is 41.6 Å². The van der Waals surface area contributed by atoms with E-state index in [1.165, 1.54) is 23.8 Å². The number of rotatable bonds is 6. The molecule has 0 aromatic carbocycles. The van der Waals surface area contributed by atoms with Gasteiger partial charge in [-0.1, -0.05) is 18.9 Å². The van der Waals surface area contributed by atoms with Crippen LogP contribution in [-0.2, 0) is 4.79 Å². The maximum absolute atomic E-state index is 11.7. The zero-order chi connectivity index (χ0) is 12.7. The minimum Gasteiger partial charge on any atom is -0.480 e. The molecule has 1 aliphatic rings. The summed E-state index contributed by atoms with van der Waals surface area (Å²) >= 11 is 0. The van der Waals surface area contributed by atoms with Gasteiger partial charge in [0.15, 0.2) is 0 Å². The van der Waals surface area contributed by atoms with Crippen LogP contribution in [0.5, 0.6) is 0 Å². The molecule has 1 rings (SSSR count). The molecule has 1 saturated carbocycles. The van der Waals surface area contributed by atoms with E-state index in [9.17, 15) is 9.59 Å². The molecule has 0 bridgehead atoms. The quantitative estimate of drug-likeness (QED) is 0.690. The second-order valence-corrected chi connectivity index (χ2v) is 4.40. The van der Waals surface area contributed by atoms with Crippen LogP contribution < -0.4 is 5.32 Å². The SMILES string of the molecule is C=CCN(CC(=O)O)C(=O)NCC1CCCC1. The topological polar surface area (TPSA) is 69.6 Å². The Balaban J connectivity index is 2.35. The molecule has 0 aromatic rings. The van der Waals surface area contributed by atoms with Crippen LogP contribution in [0.25, 0.3) is 0 Å². The number of nitrogens with one attached hydrogen (secondary N) is 1. The van der Waals surface area contributed by atoms with Crippen molar-refractivity contribution >= 4 is 12.0 Å². The van der Waals surface area contributed by atoms with Crippen molar-refractivity contribution in [2.24, 2.45) is 5.92 Å². The molecule has 2 amide bonds. The van der Waals surface area contributed by atoms with Gasteiger partial charge in [-0.25, -0.2) is 4.79 Å². The first kappa shape index (κ1) is 13.5. The summed E-state index contributed by atoms with van der Waals surface area (Å²) in [6.45, 7) is 4.12. The fourth-order valence-corrected chi connectivity index (χ4v) is 2.10. The Morgan fingerprint density at radius 3 is 2.59 bits per heavy atom. The lowest BCUT2D eigenvalue weighted by Crippen LogP contribution is -2.44. The molecule has 0 heterocycles. The van der Waals surface area contributed by atoms with E-state index in [2.05, 4.69) is 11.9 Å². The molecule has 0 aliphatic heterocycles. The van der Waals surface area contributed by atoms with Crippen LogP contribution in [0.1, 0.15) is 25.7 Å². The average Bonchev–Trinajstić information content (AvgIpc) is 2.77. The standard InChI is InChI=1S/C12H20N2O3/c1-2-7-14(9-11(15)16)12(17)13-8-10-5-3-4-6-10/h2,10H,1,3-9H2,(H,13,17)(H,15,16). The van der Waals surface area contributed by atoms with Gasteiger partial charge < -0.3 is 15.3 Å². The van der Waals surface area contributed by atoms with Gasteiger partial charge in [0.05, 0.1) is 0 Å². The molecule has 0 radical (unpaired) electrons. The molecule has 5 heteroatoms. The predicted molar refractivity (Wildman–Crippen MR) is 64.8 cm³/mol. The summed E-state index contributed by atoms with van der Waals surface area (Å²) < 4.78 is 0. The molecule has 0 saturated heterocycles. The minimum atomic E-state index is -1.01. The number of hydrogen-bond acceptors (Lipinski definition) is 2. The number of carbonyl (C=O) groups is 2. The fraction of sp³-hybridized carbons (Fsp3) is 0.667. The molecule has 0 atom stereocenters. The van der Waals surface area contributed by atoms with Crippen LogP contribution in [0.2, 0.25) is 0 Å². The molecule has 0 unspecified atom stereocenters. The number of nitrogens with zero attached hydrogens (tertiary/aromatic N) is 1. The Kier molecular flexibility index (Phi) is 5.52. The minimum absolute atomic E-state index is 0.253. The van der Waals surface area contributed by atoms with Crippen LogP contribution in [0, 0.1) is 5.92 Å². The van der Waals surface area contributed by atoms with Crippen molar-refractivity contribution in [1.82, 2.24) is 10.2 Å². The normalized spacial score (nSPS) is 15.5. The average molecular weight is 240 g/mol. The van der Waals surface area contributed by atoms with Crippen molar-refractivity contribution in [3.8, 4) is 0 Å². The predicted octanol–water partition coefficient (Wildman–Crippen LogP) is 1.46. The summed E-state index contributed by atoms with van der Waals surface area (Å²) in [5.74, 6) is -0.461. The Morgan fingerprint density at radius 2 is 2.06 bits per heavy atom. The number of hydrogen-bond donors (Lipinski definition) is 2. The molecule has 2 N–H and O–H groups in total. The van der Waals surface area contributed by atoms with Gasteiger partial charge in [-0.3, -0.25) is 4.79 Å². The molecule has 0 aromatic heterocycles. The zero-order valence-corrected chi connectivity index (χ0v) is 10.0. The molecule has 5 nitrogen and oxygen atoms in total. The van der Waals surface area contributed by atoms with E-state index < -0.39 is 5.97 Å². The first-order valence-corrected chi connectivity index (χ1v) is 5.99. The van der Waals surface area contributed by atoms with Crippen molar-refractivity contribution in [2.45, 2.75) is 25.7 Å². The van der Waals surface area contributed by atoms with Gasteiger partial charge in [-0.05, 0) is 18.8 Å². The summed E-state index contributed by atoms with van der Waals surface area (Å²) in [7, 11) is 0. The molecule has 96 valence electrons. The lowest BCUT2D eigenvalue weighted by atomic mass is 10.1. The summed E-state index contributed by atoms with van der Waals surface area (Å²) in [6.07, 6.45) is 6.29. The molecule has 1 fully saturated rings. The van der Waals surface area contributed by atoms with E-state index in [4.69, 9.17) is 5.11 Å². The first-order valence-electron chi connectivity index (χ1n) is 5.99. The third-order valence-electron chi connectivity index (χ3n) is 2.98. The highest BCUT2D eigenvalue weighted by Crippen LogP contribution is 2.23. The van der Waals surface area contributed by atoms with Gasteiger partial charge in [0.2, 0.25) is 0 Å². The second-order valence-electron chi connectivity index (χ2n) is 4.40. The number of urea groups is 1. The number of aliphatic carboxylic acids is 1. The molecule has 0 spiro atoms. The van der Waals surface area contributed by atoms with Crippen molar-refractivity contribution in [3.05, 3.63) is 12.7 Å². The van der Waals surface area contributed by atoms with Gasteiger partial charge in [0.1, 0.15) is 6.54 Å². The van der Waals surface area contributed by atoms with Gasteiger partial charge in [-0.2, -0.15) is 0 Å². The summed E-state index contributed by atoms with van der Waals surface area (Å²) in [4.78, 5) is 23.6. The Bertz CT molecular complexity index is 285. The summed E-state index contributed by atoms with van der Waals surface area (Å²) in [6, 6.07) is -0.320. The van der Waals surface area contributed by atoms with Gasteiger partial charge in [-0.15, -0.1) is 6.58 Å². The lowest BCUT2D eigenvalue weighted by molar-refractivity contribution is -0.137. The van der Waals surface area contributed by atoms with Gasteiger partial charge >= 0.3 is 12.0 Å². The third kappa shape index (κ3) is 4.89. The monoisotopic (exact) mass is 240 g/mol. The van der Waals surface area contributed by atoms with Crippen LogP contribution >= 0.6 is 0 Å². The highest BCUT2D eigenvalue weighted by molar-refractivity contribution is 5.80.